The van der Waals surface area contributed by atoms with E-state index in [0.29, 0.717) is 21.8 Å². The number of carbonyl (C=O) groups excluding carboxylic acids is 1. The Hall–Kier alpha value is -1.45. The number of nitrogens with two attached hydrogens (primary N) is 1. The molecule has 0 fully saturated rings. The fourth-order valence-electron chi connectivity index (χ4n) is 1.28. The van der Waals surface area contributed by atoms with Crippen LogP contribution in [0.1, 0.15) is 15.9 Å². The fraction of sp³-hybridized carbons (Fsp3) is 0. The first-order valence-electron chi connectivity index (χ1n) is 4.42. The van der Waals surface area contributed by atoms with E-state index >= 15 is 0 Å². The summed E-state index contributed by atoms with van der Waals surface area (Å²) < 4.78 is 4.85. The first kappa shape index (κ1) is 11.0. The molecular formula is C11H7Cl2NO2. The van der Waals surface area contributed by atoms with Crippen molar-refractivity contribution in [1.29, 1.82) is 0 Å². The summed E-state index contributed by atoms with van der Waals surface area (Å²) in [5.74, 6) is -0.249. The molecule has 82 valence electrons. The van der Waals surface area contributed by atoms with Gasteiger partial charge in [-0.15, -0.1) is 0 Å². The van der Waals surface area contributed by atoms with Crippen molar-refractivity contribution >= 4 is 34.7 Å². The van der Waals surface area contributed by atoms with Gasteiger partial charge < -0.3 is 10.2 Å². The molecular weight excluding hydrogens is 249 g/mol. The Kier molecular flexibility index (Phi) is 2.90. The molecule has 0 aliphatic carbocycles. The Morgan fingerprint density at radius 2 is 2.00 bits per heavy atom. The van der Waals surface area contributed by atoms with Crippen LogP contribution in [0.2, 0.25) is 10.2 Å². The predicted octanol–water partition coefficient (Wildman–Crippen LogP) is 3.40. The number of carbonyl (C=O) groups is 1. The van der Waals surface area contributed by atoms with Crippen LogP contribution < -0.4 is 5.73 Å². The summed E-state index contributed by atoms with van der Waals surface area (Å²) in [4.78, 5) is 11.9. The largest absolute Gasteiger partial charge is 0.452 e. The summed E-state index contributed by atoms with van der Waals surface area (Å²) in [6, 6.07) is 6.17. The Bertz CT molecular complexity index is 549. The highest BCUT2D eigenvalue weighted by atomic mass is 35.5. The highest BCUT2D eigenvalue weighted by Gasteiger charge is 2.15. The maximum absolute atomic E-state index is 11.9. The van der Waals surface area contributed by atoms with E-state index in [4.69, 9.17) is 33.4 Å². The average Bonchev–Trinajstić information content (AvgIpc) is 2.67. The second-order valence-corrected chi connectivity index (χ2v) is 3.92. The van der Waals surface area contributed by atoms with Gasteiger partial charge in [-0.3, -0.25) is 4.79 Å². The molecule has 0 unspecified atom stereocenters. The van der Waals surface area contributed by atoms with Gasteiger partial charge in [0.2, 0.25) is 5.22 Å². The average molecular weight is 256 g/mol. The first-order valence-corrected chi connectivity index (χ1v) is 5.18. The molecule has 0 radical (unpaired) electrons. The summed E-state index contributed by atoms with van der Waals surface area (Å²) in [5, 5.41) is 0.406. The van der Waals surface area contributed by atoms with E-state index in [1.54, 1.807) is 12.1 Å². The predicted molar refractivity (Wildman–Crippen MR) is 63.0 cm³/mol. The minimum Gasteiger partial charge on any atom is -0.452 e. The van der Waals surface area contributed by atoms with Gasteiger partial charge in [-0.2, -0.15) is 0 Å². The van der Waals surface area contributed by atoms with E-state index in [2.05, 4.69) is 0 Å². The van der Waals surface area contributed by atoms with Crippen molar-refractivity contribution in [3.63, 3.8) is 0 Å². The van der Waals surface area contributed by atoms with Crippen LogP contribution in [0.5, 0.6) is 0 Å². The highest BCUT2D eigenvalue weighted by molar-refractivity contribution is 6.35. The highest BCUT2D eigenvalue weighted by Crippen LogP contribution is 2.24. The number of nitrogen functional groups attached to an aromatic ring is 1. The minimum atomic E-state index is -0.249. The maximum Gasteiger partial charge on any atom is 0.204 e. The van der Waals surface area contributed by atoms with Gasteiger partial charge in [-0.05, 0) is 35.9 Å². The quantitative estimate of drug-likeness (QED) is 0.661. The second-order valence-electron chi connectivity index (χ2n) is 3.17. The van der Waals surface area contributed by atoms with Gasteiger partial charge in [0.05, 0.1) is 22.5 Å². The van der Waals surface area contributed by atoms with Gasteiger partial charge in [-0.1, -0.05) is 11.6 Å². The molecule has 0 amide bonds. The van der Waals surface area contributed by atoms with Crippen LogP contribution in [0, 0.1) is 0 Å². The molecule has 0 bridgehead atoms. The van der Waals surface area contributed by atoms with Crippen LogP contribution in [0.3, 0.4) is 0 Å². The molecule has 3 nitrogen and oxygen atoms in total. The summed E-state index contributed by atoms with van der Waals surface area (Å²) in [5.41, 5.74) is 6.70. The molecule has 0 saturated heterocycles. The standard InChI is InChI=1S/C11H7Cl2NO2/c12-8-5-6(1-2-9(8)14)10(15)7-3-4-16-11(7)13/h1-5H,14H2. The molecule has 16 heavy (non-hydrogen) atoms. The van der Waals surface area contributed by atoms with Crippen molar-refractivity contribution in [3.8, 4) is 0 Å². The van der Waals surface area contributed by atoms with E-state index in [1.807, 2.05) is 0 Å². The molecule has 1 aromatic heterocycles. The SMILES string of the molecule is Nc1ccc(C(=O)c2ccoc2Cl)cc1Cl. The smallest absolute Gasteiger partial charge is 0.204 e. The number of anilines is 1. The Morgan fingerprint density at radius 1 is 1.25 bits per heavy atom. The van der Waals surface area contributed by atoms with Crippen LogP contribution in [0.4, 0.5) is 5.69 Å². The van der Waals surface area contributed by atoms with Crippen molar-refractivity contribution in [2.75, 3.05) is 5.73 Å². The summed E-state index contributed by atoms with van der Waals surface area (Å²) in [6.45, 7) is 0. The third-order valence-electron chi connectivity index (χ3n) is 2.13. The summed E-state index contributed by atoms with van der Waals surface area (Å²) in [7, 11) is 0. The molecule has 1 heterocycles. The molecule has 0 aliphatic heterocycles. The molecule has 5 heteroatoms. The summed E-state index contributed by atoms with van der Waals surface area (Å²) >= 11 is 11.5. The van der Waals surface area contributed by atoms with E-state index in [0.717, 1.165) is 0 Å². The number of rotatable bonds is 2. The number of halogens is 2. The molecule has 1 aromatic carbocycles. The van der Waals surface area contributed by atoms with Crippen molar-refractivity contribution in [1.82, 2.24) is 0 Å². The van der Waals surface area contributed by atoms with Gasteiger partial charge in [-0.25, -0.2) is 0 Å². The van der Waals surface area contributed by atoms with Gasteiger partial charge in [0.25, 0.3) is 0 Å². The lowest BCUT2D eigenvalue weighted by Crippen LogP contribution is -2.01. The van der Waals surface area contributed by atoms with Crippen LogP contribution in [0.15, 0.2) is 34.9 Å². The molecule has 2 aromatic rings. The zero-order valence-electron chi connectivity index (χ0n) is 8.04. The number of hydrogen-bond acceptors (Lipinski definition) is 3. The number of hydrogen-bond donors (Lipinski definition) is 1. The van der Waals surface area contributed by atoms with E-state index in [9.17, 15) is 4.79 Å². The Morgan fingerprint density at radius 3 is 2.56 bits per heavy atom. The van der Waals surface area contributed by atoms with Crippen LogP contribution in [-0.4, -0.2) is 5.78 Å². The van der Waals surface area contributed by atoms with Crippen molar-refractivity contribution in [3.05, 3.63) is 51.9 Å². The lowest BCUT2D eigenvalue weighted by molar-refractivity contribution is 0.103. The molecule has 0 spiro atoms. The fourth-order valence-corrected chi connectivity index (χ4v) is 1.66. The lowest BCUT2D eigenvalue weighted by Gasteiger charge is -2.01. The topological polar surface area (TPSA) is 56.2 Å². The monoisotopic (exact) mass is 255 g/mol. The van der Waals surface area contributed by atoms with Crippen LogP contribution in [-0.2, 0) is 0 Å². The maximum atomic E-state index is 11.9. The number of ketones is 1. The minimum absolute atomic E-state index is 0.0675. The number of furan rings is 1. The van der Waals surface area contributed by atoms with E-state index in [-0.39, 0.29) is 11.0 Å². The van der Waals surface area contributed by atoms with Crippen LogP contribution >= 0.6 is 23.2 Å². The van der Waals surface area contributed by atoms with Gasteiger partial charge in [0, 0.05) is 5.56 Å². The summed E-state index contributed by atoms with van der Waals surface area (Å²) in [6.07, 6.45) is 1.36. The molecule has 2 rings (SSSR count). The van der Waals surface area contributed by atoms with Gasteiger partial charge in [0.15, 0.2) is 5.78 Å². The normalized spacial score (nSPS) is 10.4. The van der Waals surface area contributed by atoms with E-state index < -0.39 is 0 Å². The van der Waals surface area contributed by atoms with Crippen LogP contribution in [0.25, 0.3) is 0 Å². The zero-order valence-corrected chi connectivity index (χ0v) is 9.55. The molecule has 0 atom stereocenters. The molecule has 0 saturated carbocycles. The van der Waals surface area contributed by atoms with Gasteiger partial charge in [0.1, 0.15) is 0 Å². The zero-order chi connectivity index (χ0) is 11.7. The third kappa shape index (κ3) is 1.92. The molecule has 2 N–H and O–H groups in total. The van der Waals surface area contributed by atoms with Crippen molar-refractivity contribution in [2.45, 2.75) is 0 Å². The first-order chi connectivity index (χ1) is 7.59. The number of benzene rings is 1. The van der Waals surface area contributed by atoms with E-state index in [1.165, 1.54) is 18.4 Å². The third-order valence-corrected chi connectivity index (χ3v) is 2.75. The lowest BCUT2D eigenvalue weighted by atomic mass is 10.1. The molecule has 0 aliphatic rings. The Balaban J connectivity index is 2.42. The second kappa shape index (κ2) is 4.20. The Labute approximate surface area is 102 Å². The van der Waals surface area contributed by atoms with Crippen molar-refractivity contribution < 1.29 is 9.21 Å². The van der Waals surface area contributed by atoms with Gasteiger partial charge >= 0.3 is 0 Å². The van der Waals surface area contributed by atoms with Crippen molar-refractivity contribution in [2.24, 2.45) is 0 Å².